The lowest BCUT2D eigenvalue weighted by Crippen LogP contribution is -2.40. The molecule has 114 valence electrons. The van der Waals surface area contributed by atoms with Crippen molar-refractivity contribution in [3.05, 3.63) is 22.9 Å². The summed E-state index contributed by atoms with van der Waals surface area (Å²) in [5.74, 6) is 0.215. The number of nitrogens with zero attached hydrogens (tertiary/aromatic N) is 1. The highest BCUT2D eigenvalue weighted by atomic mass is 16.1. The van der Waals surface area contributed by atoms with Crippen LogP contribution >= 0.6 is 0 Å². The van der Waals surface area contributed by atoms with Crippen molar-refractivity contribution in [2.75, 3.05) is 5.32 Å². The fraction of sp³-hybridized carbons (Fsp3) is 0.625. The summed E-state index contributed by atoms with van der Waals surface area (Å²) in [6.45, 7) is 0. The van der Waals surface area contributed by atoms with E-state index in [1.807, 2.05) is 6.07 Å². The van der Waals surface area contributed by atoms with Crippen molar-refractivity contribution in [1.29, 1.82) is 0 Å². The average molecular weight is 288 g/mol. The predicted octanol–water partition coefficient (Wildman–Crippen LogP) is 1.74. The average Bonchev–Trinajstić information content (AvgIpc) is 2.82. The number of amides is 1. The van der Waals surface area contributed by atoms with Crippen molar-refractivity contribution in [3.8, 4) is 0 Å². The number of carbonyl (C=O) groups excluding carboxylic acids is 1. The standard InChI is InChI=1S/C16H24N4O/c17-12-6-2-1-3-7-14(12)20-16-11(15(18)21)9-10-5-4-8-13(10)19-16/h9,12,14H,1-8,17H2,(H2,18,21)(H,19,20). The number of fused-ring (bicyclic) bond motifs is 1. The monoisotopic (exact) mass is 288 g/mol. The second-order valence-electron chi connectivity index (χ2n) is 6.26. The third kappa shape index (κ3) is 3.02. The van der Waals surface area contributed by atoms with Gasteiger partial charge in [-0.2, -0.15) is 0 Å². The van der Waals surface area contributed by atoms with Gasteiger partial charge in [0.1, 0.15) is 5.82 Å². The van der Waals surface area contributed by atoms with Gasteiger partial charge < -0.3 is 16.8 Å². The summed E-state index contributed by atoms with van der Waals surface area (Å²) in [4.78, 5) is 16.4. The van der Waals surface area contributed by atoms with Gasteiger partial charge in [-0.05, 0) is 43.7 Å². The van der Waals surface area contributed by atoms with E-state index in [1.165, 1.54) is 24.8 Å². The predicted molar refractivity (Wildman–Crippen MR) is 83.3 cm³/mol. The zero-order valence-electron chi connectivity index (χ0n) is 12.4. The van der Waals surface area contributed by atoms with E-state index in [-0.39, 0.29) is 12.1 Å². The number of hydrogen-bond donors (Lipinski definition) is 3. The van der Waals surface area contributed by atoms with Crippen LogP contribution in [0.25, 0.3) is 0 Å². The number of primary amides is 1. The van der Waals surface area contributed by atoms with Gasteiger partial charge in [-0.3, -0.25) is 4.79 Å². The Hall–Kier alpha value is -1.62. The summed E-state index contributed by atoms with van der Waals surface area (Å²) < 4.78 is 0. The summed E-state index contributed by atoms with van der Waals surface area (Å²) in [5.41, 5.74) is 14.6. The molecule has 1 aromatic rings. The maximum absolute atomic E-state index is 11.7. The summed E-state index contributed by atoms with van der Waals surface area (Å²) in [6.07, 6.45) is 8.71. The van der Waals surface area contributed by atoms with Crippen molar-refractivity contribution >= 4 is 11.7 Å². The first kappa shape index (κ1) is 14.3. The minimum atomic E-state index is -0.415. The van der Waals surface area contributed by atoms with Gasteiger partial charge >= 0.3 is 0 Å². The van der Waals surface area contributed by atoms with E-state index in [0.717, 1.165) is 37.8 Å². The molecule has 5 nitrogen and oxygen atoms in total. The molecule has 2 aliphatic rings. The second kappa shape index (κ2) is 6.02. The Morgan fingerprint density at radius 2 is 2.00 bits per heavy atom. The Labute approximate surface area is 125 Å². The summed E-state index contributed by atoms with van der Waals surface area (Å²) in [7, 11) is 0. The zero-order chi connectivity index (χ0) is 14.8. The number of aryl methyl sites for hydroxylation is 2. The van der Waals surface area contributed by atoms with Gasteiger partial charge in [0.25, 0.3) is 5.91 Å². The topological polar surface area (TPSA) is 94.0 Å². The van der Waals surface area contributed by atoms with E-state index in [2.05, 4.69) is 10.3 Å². The molecule has 1 saturated carbocycles. The van der Waals surface area contributed by atoms with Gasteiger partial charge in [-0.1, -0.05) is 19.3 Å². The van der Waals surface area contributed by atoms with Gasteiger partial charge in [-0.15, -0.1) is 0 Å². The first-order valence-corrected chi connectivity index (χ1v) is 8.00. The number of anilines is 1. The maximum atomic E-state index is 11.7. The number of pyridine rings is 1. The zero-order valence-corrected chi connectivity index (χ0v) is 12.4. The van der Waals surface area contributed by atoms with Crippen molar-refractivity contribution in [2.24, 2.45) is 11.5 Å². The largest absolute Gasteiger partial charge is 0.365 e. The van der Waals surface area contributed by atoms with Crippen molar-refractivity contribution in [2.45, 2.75) is 63.5 Å². The highest BCUT2D eigenvalue weighted by Crippen LogP contribution is 2.27. The Kier molecular flexibility index (Phi) is 4.10. The van der Waals surface area contributed by atoms with Crippen LogP contribution in [-0.4, -0.2) is 23.0 Å². The van der Waals surface area contributed by atoms with Gasteiger partial charge in [0.15, 0.2) is 0 Å². The Bertz CT molecular complexity index is 543. The third-order valence-corrected chi connectivity index (χ3v) is 4.71. The summed E-state index contributed by atoms with van der Waals surface area (Å²) >= 11 is 0. The van der Waals surface area contributed by atoms with E-state index in [4.69, 9.17) is 11.5 Å². The van der Waals surface area contributed by atoms with Gasteiger partial charge in [0.05, 0.1) is 5.56 Å². The third-order valence-electron chi connectivity index (χ3n) is 4.71. The molecule has 2 atom stereocenters. The minimum Gasteiger partial charge on any atom is -0.365 e. The number of rotatable bonds is 3. The fourth-order valence-corrected chi connectivity index (χ4v) is 3.46. The molecule has 0 saturated heterocycles. The SMILES string of the molecule is NC(=O)c1cc2c(nc1NC1CCCCCC1N)CCC2. The minimum absolute atomic E-state index is 0.114. The molecule has 0 aromatic carbocycles. The molecule has 0 spiro atoms. The molecule has 1 fully saturated rings. The molecule has 2 aliphatic carbocycles. The Morgan fingerprint density at radius 1 is 1.19 bits per heavy atom. The first-order chi connectivity index (χ1) is 10.1. The van der Waals surface area contributed by atoms with Crippen LogP contribution in [-0.2, 0) is 12.8 Å². The van der Waals surface area contributed by atoms with Crippen molar-refractivity contribution in [3.63, 3.8) is 0 Å². The molecule has 21 heavy (non-hydrogen) atoms. The maximum Gasteiger partial charge on any atom is 0.252 e. The molecule has 0 bridgehead atoms. The van der Waals surface area contributed by atoms with Gasteiger partial charge in [-0.25, -0.2) is 4.98 Å². The van der Waals surface area contributed by atoms with Gasteiger partial charge in [0, 0.05) is 17.8 Å². The molecule has 1 aromatic heterocycles. The van der Waals surface area contributed by atoms with Crippen LogP contribution < -0.4 is 16.8 Å². The molecule has 1 amide bonds. The Balaban J connectivity index is 1.88. The molecular formula is C16H24N4O. The molecule has 3 rings (SSSR count). The lowest BCUT2D eigenvalue weighted by molar-refractivity contribution is 0.100. The number of carbonyl (C=O) groups is 1. The molecule has 1 heterocycles. The van der Waals surface area contributed by atoms with Crippen LogP contribution in [0.2, 0.25) is 0 Å². The van der Waals surface area contributed by atoms with Crippen LogP contribution in [0.4, 0.5) is 5.82 Å². The molecule has 5 N–H and O–H groups in total. The lowest BCUT2D eigenvalue weighted by atomic mass is 10.0. The van der Waals surface area contributed by atoms with Crippen LogP contribution in [0, 0.1) is 0 Å². The molecule has 0 aliphatic heterocycles. The van der Waals surface area contributed by atoms with Crippen LogP contribution in [0.15, 0.2) is 6.07 Å². The van der Waals surface area contributed by atoms with E-state index in [9.17, 15) is 4.79 Å². The number of nitrogens with two attached hydrogens (primary N) is 2. The Morgan fingerprint density at radius 3 is 2.81 bits per heavy atom. The van der Waals surface area contributed by atoms with E-state index < -0.39 is 5.91 Å². The summed E-state index contributed by atoms with van der Waals surface area (Å²) in [6, 6.07) is 2.21. The molecular weight excluding hydrogens is 264 g/mol. The summed E-state index contributed by atoms with van der Waals surface area (Å²) in [5, 5.41) is 3.41. The highest BCUT2D eigenvalue weighted by Gasteiger charge is 2.24. The number of nitrogens with one attached hydrogen (secondary N) is 1. The normalized spacial score (nSPS) is 25.2. The number of hydrogen-bond acceptors (Lipinski definition) is 4. The lowest BCUT2D eigenvalue weighted by Gasteiger charge is -2.24. The van der Waals surface area contributed by atoms with Crippen LogP contribution in [0.1, 0.15) is 60.1 Å². The molecule has 5 heteroatoms. The van der Waals surface area contributed by atoms with Crippen molar-refractivity contribution in [1.82, 2.24) is 4.98 Å². The van der Waals surface area contributed by atoms with E-state index in [1.54, 1.807) is 0 Å². The second-order valence-corrected chi connectivity index (χ2v) is 6.26. The van der Waals surface area contributed by atoms with E-state index >= 15 is 0 Å². The molecule has 2 unspecified atom stereocenters. The highest BCUT2D eigenvalue weighted by molar-refractivity contribution is 5.97. The fourth-order valence-electron chi connectivity index (χ4n) is 3.46. The van der Waals surface area contributed by atoms with Gasteiger partial charge in [0.2, 0.25) is 0 Å². The van der Waals surface area contributed by atoms with E-state index in [0.29, 0.717) is 11.4 Å². The smallest absolute Gasteiger partial charge is 0.252 e. The van der Waals surface area contributed by atoms with Crippen molar-refractivity contribution < 1.29 is 4.79 Å². The molecule has 0 radical (unpaired) electrons. The number of aromatic nitrogens is 1. The first-order valence-electron chi connectivity index (χ1n) is 8.00. The quantitative estimate of drug-likeness (QED) is 0.738. The van der Waals surface area contributed by atoms with Crippen LogP contribution in [0.3, 0.4) is 0 Å². The van der Waals surface area contributed by atoms with Crippen LogP contribution in [0.5, 0.6) is 0 Å².